The lowest BCUT2D eigenvalue weighted by Gasteiger charge is -2.15. The van der Waals surface area contributed by atoms with E-state index in [1.54, 1.807) is 6.92 Å². The van der Waals surface area contributed by atoms with Gasteiger partial charge in [0.1, 0.15) is 11.6 Å². The monoisotopic (exact) mass is 410 g/mol. The number of rotatable bonds is 8. The van der Waals surface area contributed by atoms with Crippen molar-refractivity contribution in [1.29, 1.82) is 0 Å². The van der Waals surface area contributed by atoms with Crippen molar-refractivity contribution in [3.05, 3.63) is 59.9 Å². The van der Waals surface area contributed by atoms with E-state index in [2.05, 4.69) is 5.32 Å². The molecule has 2 rings (SSSR count). The lowest BCUT2D eigenvalue weighted by molar-refractivity contribution is -0.150. The number of primary sulfonamides is 1. The molecule has 0 aliphatic rings. The van der Waals surface area contributed by atoms with Gasteiger partial charge >= 0.3 is 5.97 Å². The van der Waals surface area contributed by atoms with Crippen LogP contribution in [0.15, 0.2) is 53.4 Å². The van der Waals surface area contributed by atoms with Gasteiger partial charge in [0.15, 0.2) is 13.2 Å². The van der Waals surface area contributed by atoms with Crippen LogP contribution >= 0.6 is 0 Å². The summed E-state index contributed by atoms with van der Waals surface area (Å²) in [7, 11) is -3.79. The van der Waals surface area contributed by atoms with Crippen molar-refractivity contribution in [2.45, 2.75) is 17.9 Å². The van der Waals surface area contributed by atoms with Gasteiger partial charge in [-0.1, -0.05) is 12.1 Å². The molecule has 0 saturated carbocycles. The number of carbonyl (C=O) groups is 2. The minimum atomic E-state index is -3.79. The first-order chi connectivity index (χ1) is 13.1. The summed E-state index contributed by atoms with van der Waals surface area (Å²) in [5, 5.41) is 7.64. The molecule has 28 heavy (non-hydrogen) atoms. The zero-order valence-electron chi connectivity index (χ0n) is 14.9. The molecular formula is C18H19FN2O6S. The van der Waals surface area contributed by atoms with Gasteiger partial charge in [-0.25, -0.2) is 22.7 Å². The van der Waals surface area contributed by atoms with Crippen LogP contribution in [-0.4, -0.2) is 33.5 Å². The Morgan fingerprint density at radius 3 is 2.25 bits per heavy atom. The Balaban J connectivity index is 1.76. The molecule has 0 unspecified atom stereocenters. The summed E-state index contributed by atoms with van der Waals surface area (Å²) in [4.78, 5) is 23.5. The molecule has 2 aromatic rings. The first-order valence-electron chi connectivity index (χ1n) is 8.11. The molecule has 1 atom stereocenters. The predicted octanol–water partition coefficient (Wildman–Crippen LogP) is 1.27. The van der Waals surface area contributed by atoms with E-state index in [1.165, 1.54) is 48.5 Å². The van der Waals surface area contributed by atoms with Crippen molar-refractivity contribution in [3.8, 4) is 5.75 Å². The lowest BCUT2D eigenvalue weighted by Crippen LogP contribution is -2.32. The summed E-state index contributed by atoms with van der Waals surface area (Å²) in [6, 6.07) is 10.4. The fraction of sp³-hybridized carbons (Fsp3) is 0.222. The summed E-state index contributed by atoms with van der Waals surface area (Å²) in [5.41, 5.74) is 0.645. The third-order valence-corrected chi connectivity index (χ3v) is 4.55. The number of benzene rings is 2. The van der Waals surface area contributed by atoms with Gasteiger partial charge in [-0.15, -0.1) is 0 Å². The van der Waals surface area contributed by atoms with E-state index < -0.39 is 47.0 Å². The molecule has 0 spiro atoms. The molecule has 3 N–H and O–H groups in total. The molecule has 8 nitrogen and oxygen atoms in total. The zero-order chi connectivity index (χ0) is 20.7. The highest BCUT2D eigenvalue weighted by atomic mass is 32.2. The number of sulfonamides is 1. The zero-order valence-corrected chi connectivity index (χ0v) is 15.7. The standard InChI is InChI=1S/C18H19FN2O6S/c1-12(13-2-8-16(9-3-13)28(20,24)25)21-17(22)10-27-18(23)11-26-15-6-4-14(19)5-7-15/h2-9,12H,10-11H2,1H3,(H,21,22)(H2,20,24,25)/t12-/m1/s1. The number of hydrogen-bond donors (Lipinski definition) is 2. The Morgan fingerprint density at radius 1 is 1.07 bits per heavy atom. The molecule has 0 aliphatic carbocycles. The van der Waals surface area contributed by atoms with Gasteiger partial charge in [0.2, 0.25) is 10.0 Å². The Labute approximate surface area is 161 Å². The van der Waals surface area contributed by atoms with Crippen molar-refractivity contribution in [1.82, 2.24) is 5.32 Å². The Morgan fingerprint density at radius 2 is 1.68 bits per heavy atom. The topological polar surface area (TPSA) is 125 Å². The van der Waals surface area contributed by atoms with Crippen LogP contribution in [0.1, 0.15) is 18.5 Å². The molecule has 150 valence electrons. The van der Waals surface area contributed by atoms with Gasteiger partial charge in [0, 0.05) is 0 Å². The third-order valence-electron chi connectivity index (χ3n) is 3.62. The fourth-order valence-corrected chi connectivity index (χ4v) is 2.69. The van der Waals surface area contributed by atoms with Crippen LogP contribution in [0.3, 0.4) is 0 Å². The van der Waals surface area contributed by atoms with Crippen LogP contribution in [0.2, 0.25) is 0 Å². The summed E-state index contributed by atoms with van der Waals surface area (Å²) < 4.78 is 45.2. The summed E-state index contributed by atoms with van der Waals surface area (Å²) in [6.07, 6.45) is 0. The number of esters is 1. The van der Waals surface area contributed by atoms with Crippen LogP contribution < -0.4 is 15.2 Å². The number of amides is 1. The molecule has 0 saturated heterocycles. The highest BCUT2D eigenvalue weighted by Gasteiger charge is 2.14. The summed E-state index contributed by atoms with van der Waals surface area (Å²) in [6.45, 7) is 0.748. The van der Waals surface area contributed by atoms with Gasteiger partial charge in [0.05, 0.1) is 10.9 Å². The van der Waals surface area contributed by atoms with Gasteiger partial charge in [0.25, 0.3) is 5.91 Å². The van der Waals surface area contributed by atoms with E-state index in [4.69, 9.17) is 14.6 Å². The average molecular weight is 410 g/mol. The maximum Gasteiger partial charge on any atom is 0.344 e. The maximum absolute atomic E-state index is 12.8. The van der Waals surface area contributed by atoms with Gasteiger partial charge in [-0.2, -0.15) is 0 Å². The number of carbonyl (C=O) groups excluding carboxylic acids is 2. The van der Waals surface area contributed by atoms with E-state index in [0.717, 1.165) is 0 Å². The first-order valence-corrected chi connectivity index (χ1v) is 9.66. The van der Waals surface area contributed by atoms with E-state index in [-0.39, 0.29) is 4.90 Å². The van der Waals surface area contributed by atoms with E-state index in [1.807, 2.05) is 0 Å². The van der Waals surface area contributed by atoms with Crippen LogP contribution in [0.5, 0.6) is 5.75 Å². The first kappa shape index (κ1) is 21.3. The molecule has 0 aliphatic heterocycles. The largest absolute Gasteiger partial charge is 0.482 e. The molecule has 0 bridgehead atoms. The number of halogens is 1. The number of nitrogens with one attached hydrogen (secondary N) is 1. The van der Waals surface area contributed by atoms with E-state index >= 15 is 0 Å². The Kier molecular flexibility index (Phi) is 7.07. The highest BCUT2D eigenvalue weighted by Crippen LogP contribution is 2.15. The molecule has 10 heteroatoms. The van der Waals surface area contributed by atoms with Gasteiger partial charge < -0.3 is 14.8 Å². The second kappa shape index (κ2) is 9.29. The third kappa shape index (κ3) is 6.63. The van der Waals surface area contributed by atoms with E-state index in [9.17, 15) is 22.4 Å². The van der Waals surface area contributed by atoms with E-state index in [0.29, 0.717) is 11.3 Å². The molecule has 0 fully saturated rings. The summed E-state index contributed by atoms with van der Waals surface area (Å²) >= 11 is 0. The average Bonchev–Trinajstić information content (AvgIpc) is 2.65. The normalized spacial score (nSPS) is 12.1. The Bertz CT molecular complexity index is 930. The molecule has 0 aromatic heterocycles. The van der Waals surface area contributed by atoms with Crippen LogP contribution in [0.25, 0.3) is 0 Å². The van der Waals surface area contributed by atoms with Crippen molar-refractivity contribution in [2.24, 2.45) is 5.14 Å². The van der Waals surface area contributed by atoms with Crippen LogP contribution in [-0.2, 0) is 24.3 Å². The summed E-state index contributed by atoms with van der Waals surface area (Å²) in [5.74, 6) is -1.44. The van der Waals surface area contributed by atoms with Crippen molar-refractivity contribution in [2.75, 3.05) is 13.2 Å². The van der Waals surface area contributed by atoms with Crippen molar-refractivity contribution >= 4 is 21.9 Å². The van der Waals surface area contributed by atoms with Crippen molar-refractivity contribution < 1.29 is 31.9 Å². The number of ether oxygens (including phenoxy) is 2. The number of hydrogen-bond acceptors (Lipinski definition) is 6. The minimum Gasteiger partial charge on any atom is -0.482 e. The molecule has 0 heterocycles. The highest BCUT2D eigenvalue weighted by molar-refractivity contribution is 7.89. The maximum atomic E-state index is 12.8. The molecular weight excluding hydrogens is 391 g/mol. The second-order valence-electron chi connectivity index (χ2n) is 5.81. The smallest absolute Gasteiger partial charge is 0.344 e. The van der Waals surface area contributed by atoms with Gasteiger partial charge in [-0.3, -0.25) is 4.79 Å². The second-order valence-corrected chi connectivity index (χ2v) is 7.37. The molecule has 1 amide bonds. The quantitative estimate of drug-likeness (QED) is 0.632. The molecule has 2 aromatic carbocycles. The van der Waals surface area contributed by atoms with Crippen molar-refractivity contribution in [3.63, 3.8) is 0 Å². The Hall–Kier alpha value is -2.98. The van der Waals surface area contributed by atoms with Crippen LogP contribution in [0.4, 0.5) is 4.39 Å². The SMILES string of the molecule is C[C@@H](NC(=O)COC(=O)COc1ccc(F)cc1)c1ccc(S(N)(=O)=O)cc1. The lowest BCUT2D eigenvalue weighted by atomic mass is 10.1. The van der Waals surface area contributed by atoms with Gasteiger partial charge in [-0.05, 0) is 48.9 Å². The predicted molar refractivity (Wildman–Crippen MR) is 97.2 cm³/mol. The minimum absolute atomic E-state index is 0.0372. The molecule has 0 radical (unpaired) electrons. The number of nitrogens with two attached hydrogens (primary N) is 1. The van der Waals surface area contributed by atoms with Crippen LogP contribution in [0, 0.1) is 5.82 Å². The fourth-order valence-electron chi connectivity index (χ4n) is 2.17.